The highest BCUT2D eigenvalue weighted by Gasteiger charge is 2.33. The average molecular weight is 335 g/mol. The molecule has 25 heavy (non-hydrogen) atoms. The molecule has 1 saturated carbocycles. The second-order valence-corrected chi connectivity index (χ2v) is 6.84. The van der Waals surface area contributed by atoms with E-state index >= 15 is 0 Å². The van der Waals surface area contributed by atoms with Crippen LogP contribution in [0.2, 0.25) is 0 Å². The Kier molecular flexibility index (Phi) is 4.19. The van der Waals surface area contributed by atoms with Gasteiger partial charge in [-0.3, -0.25) is 4.79 Å². The lowest BCUT2D eigenvalue weighted by Crippen LogP contribution is -2.42. The van der Waals surface area contributed by atoms with Crippen LogP contribution in [0, 0.1) is 11.3 Å². The second kappa shape index (κ2) is 6.64. The molecular formula is C20H21N3O2. The van der Waals surface area contributed by atoms with Gasteiger partial charge in [-0.15, -0.1) is 0 Å². The smallest absolute Gasteiger partial charge is 0.257 e. The van der Waals surface area contributed by atoms with E-state index < -0.39 is 0 Å². The van der Waals surface area contributed by atoms with E-state index in [0.29, 0.717) is 11.5 Å². The Morgan fingerprint density at radius 2 is 1.92 bits per heavy atom. The van der Waals surface area contributed by atoms with Gasteiger partial charge in [-0.25, -0.2) is 0 Å². The third kappa shape index (κ3) is 3.25. The van der Waals surface area contributed by atoms with Crippen molar-refractivity contribution < 1.29 is 9.21 Å². The number of nitrogens with one attached hydrogen (secondary N) is 1. The third-order valence-corrected chi connectivity index (χ3v) is 5.06. The summed E-state index contributed by atoms with van der Waals surface area (Å²) in [7, 11) is 0. The SMILES string of the molecule is N#Cc1ccccc1NC1CCN(C(=O)c2ccoc2C2CC2)CC1. The highest BCUT2D eigenvalue weighted by atomic mass is 16.3. The number of rotatable bonds is 4. The Balaban J connectivity index is 1.37. The Hall–Kier alpha value is -2.74. The number of likely N-dealkylation sites (tertiary alicyclic amines) is 1. The zero-order valence-corrected chi connectivity index (χ0v) is 14.1. The minimum absolute atomic E-state index is 0.0894. The number of nitrogens with zero attached hydrogens (tertiary/aromatic N) is 2. The van der Waals surface area contributed by atoms with Crippen molar-refractivity contribution in [3.63, 3.8) is 0 Å². The summed E-state index contributed by atoms with van der Waals surface area (Å²) in [5.74, 6) is 1.40. The molecule has 2 heterocycles. The minimum atomic E-state index is 0.0894. The van der Waals surface area contributed by atoms with Crippen LogP contribution < -0.4 is 5.32 Å². The molecule has 0 unspecified atom stereocenters. The first-order chi connectivity index (χ1) is 12.3. The van der Waals surface area contributed by atoms with Gasteiger partial charge in [0.2, 0.25) is 0 Å². The molecular weight excluding hydrogens is 314 g/mol. The Bertz CT molecular complexity index is 808. The van der Waals surface area contributed by atoms with Gasteiger partial charge in [0, 0.05) is 25.0 Å². The van der Waals surface area contributed by atoms with Crippen LogP contribution >= 0.6 is 0 Å². The normalized spacial score (nSPS) is 18.0. The van der Waals surface area contributed by atoms with Crippen molar-refractivity contribution in [3.05, 3.63) is 53.5 Å². The van der Waals surface area contributed by atoms with Crippen molar-refractivity contribution in [2.24, 2.45) is 0 Å². The first kappa shape index (κ1) is 15.8. The predicted octanol–water partition coefficient (Wildman–Crippen LogP) is 3.75. The molecule has 0 radical (unpaired) electrons. The van der Waals surface area contributed by atoms with Crippen molar-refractivity contribution in [2.75, 3.05) is 18.4 Å². The van der Waals surface area contributed by atoms with Gasteiger partial charge >= 0.3 is 0 Å². The van der Waals surface area contributed by atoms with Crippen LogP contribution in [0.15, 0.2) is 41.0 Å². The molecule has 1 aromatic carbocycles. The fourth-order valence-corrected chi connectivity index (χ4v) is 3.48. The molecule has 1 aromatic heterocycles. The summed E-state index contributed by atoms with van der Waals surface area (Å²) in [6.45, 7) is 1.45. The standard InChI is InChI=1S/C20H21N3O2/c21-13-15-3-1-2-4-18(15)22-16-7-10-23(11-8-16)20(24)17-9-12-25-19(17)14-5-6-14/h1-4,9,12,14,16,22H,5-8,10-11H2. The van der Waals surface area contributed by atoms with E-state index in [2.05, 4.69) is 11.4 Å². The first-order valence-electron chi connectivity index (χ1n) is 8.88. The molecule has 0 atom stereocenters. The van der Waals surface area contributed by atoms with Gasteiger partial charge in [-0.2, -0.15) is 5.26 Å². The minimum Gasteiger partial charge on any atom is -0.468 e. The van der Waals surface area contributed by atoms with Crippen molar-refractivity contribution in [2.45, 2.75) is 37.6 Å². The number of carbonyl (C=O) groups is 1. The van der Waals surface area contributed by atoms with Crippen LogP contribution in [-0.2, 0) is 0 Å². The third-order valence-electron chi connectivity index (χ3n) is 5.06. The zero-order chi connectivity index (χ0) is 17.2. The molecule has 4 rings (SSSR count). The number of anilines is 1. The average Bonchev–Trinajstić information content (AvgIpc) is 3.39. The number of nitriles is 1. The maximum Gasteiger partial charge on any atom is 0.257 e. The van der Waals surface area contributed by atoms with Gasteiger partial charge in [-0.05, 0) is 43.9 Å². The molecule has 2 aromatic rings. The van der Waals surface area contributed by atoms with Crippen molar-refractivity contribution >= 4 is 11.6 Å². The van der Waals surface area contributed by atoms with Gasteiger partial charge in [0.05, 0.1) is 23.1 Å². The number of carbonyl (C=O) groups excluding carboxylic acids is 1. The van der Waals surface area contributed by atoms with Crippen LogP contribution in [0.25, 0.3) is 0 Å². The molecule has 128 valence electrons. The summed E-state index contributed by atoms with van der Waals surface area (Å²) in [4.78, 5) is 14.7. The molecule has 0 spiro atoms. The molecule has 1 aliphatic carbocycles. The quantitative estimate of drug-likeness (QED) is 0.924. The topological polar surface area (TPSA) is 69.3 Å². The lowest BCUT2D eigenvalue weighted by atomic mass is 10.0. The summed E-state index contributed by atoms with van der Waals surface area (Å²) in [5, 5.41) is 12.6. The fraction of sp³-hybridized carbons (Fsp3) is 0.400. The van der Waals surface area contributed by atoms with Gasteiger partial charge < -0.3 is 14.6 Å². The maximum absolute atomic E-state index is 12.8. The molecule has 2 fully saturated rings. The summed E-state index contributed by atoms with van der Waals surface area (Å²) in [6, 6.07) is 11.9. The molecule has 5 nitrogen and oxygen atoms in total. The summed E-state index contributed by atoms with van der Waals surface area (Å²) < 4.78 is 5.54. The van der Waals surface area contributed by atoms with E-state index in [0.717, 1.165) is 55.8 Å². The van der Waals surface area contributed by atoms with Crippen molar-refractivity contribution in [3.8, 4) is 6.07 Å². The molecule has 0 bridgehead atoms. The first-order valence-corrected chi connectivity index (χ1v) is 8.88. The molecule has 2 aliphatic rings. The van der Waals surface area contributed by atoms with Crippen molar-refractivity contribution in [1.82, 2.24) is 4.90 Å². The van der Waals surface area contributed by atoms with Gasteiger partial charge in [-0.1, -0.05) is 12.1 Å². The summed E-state index contributed by atoms with van der Waals surface area (Å²) >= 11 is 0. The van der Waals surface area contributed by atoms with E-state index in [1.165, 1.54) is 0 Å². The van der Waals surface area contributed by atoms with Crippen molar-refractivity contribution in [1.29, 1.82) is 5.26 Å². The van der Waals surface area contributed by atoms with E-state index in [4.69, 9.17) is 4.42 Å². The maximum atomic E-state index is 12.8. The number of piperidine rings is 1. The van der Waals surface area contributed by atoms with Crippen LogP contribution in [0.5, 0.6) is 0 Å². The lowest BCUT2D eigenvalue weighted by Gasteiger charge is -2.33. The molecule has 1 N–H and O–H groups in total. The highest BCUT2D eigenvalue weighted by Crippen LogP contribution is 2.42. The van der Waals surface area contributed by atoms with E-state index in [9.17, 15) is 10.1 Å². The van der Waals surface area contributed by atoms with E-state index in [-0.39, 0.29) is 11.9 Å². The monoisotopic (exact) mass is 335 g/mol. The number of benzene rings is 1. The Morgan fingerprint density at radius 3 is 2.64 bits per heavy atom. The lowest BCUT2D eigenvalue weighted by molar-refractivity contribution is 0.0716. The van der Waals surface area contributed by atoms with Gasteiger partial charge in [0.25, 0.3) is 5.91 Å². The fourth-order valence-electron chi connectivity index (χ4n) is 3.48. The van der Waals surface area contributed by atoms with E-state index in [1.807, 2.05) is 35.2 Å². The highest BCUT2D eigenvalue weighted by molar-refractivity contribution is 5.95. The Morgan fingerprint density at radius 1 is 1.16 bits per heavy atom. The number of amides is 1. The number of hydrogen-bond acceptors (Lipinski definition) is 4. The Labute approximate surface area is 147 Å². The van der Waals surface area contributed by atoms with Crippen LogP contribution in [0.4, 0.5) is 5.69 Å². The largest absolute Gasteiger partial charge is 0.468 e. The molecule has 1 aliphatic heterocycles. The van der Waals surface area contributed by atoms with Crippen LogP contribution in [0.3, 0.4) is 0 Å². The summed E-state index contributed by atoms with van der Waals surface area (Å²) in [5.41, 5.74) is 2.28. The molecule has 1 saturated heterocycles. The van der Waals surface area contributed by atoms with Gasteiger partial charge in [0.15, 0.2) is 0 Å². The van der Waals surface area contributed by atoms with Gasteiger partial charge in [0.1, 0.15) is 11.8 Å². The number of para-hydroxylation sites is 1. The number of hydrogen-bond donors (Lipinski definition) is 1. The summed E-state index contributed by atoms with van der Waals surface area (Å²) in [6.07, 6.45) is 5.63. The zero-order valence-electron chi connectivity index (χ0n) is 14.1. The second-order valence-electron chi connectivity index (χ2n) is 6.84. The molecule has 5 heteroatoms. The van der Waals surface area contributed by atoms with Crippen LogP contribution in [-0.4, -0.2) is 29.9 Å². The molecule has 1 amide bonds. The van der Waals surface area contributed by atoms with E-state index in [1.54, 1.807) is 6.26 Å². The number of furan rings is 1. The predicted molar refractivity (Wildman–Crippen MR) is 94.4 cm³/mol. The van der Waals surface area contributed by atoms with Crippen LogP contribution in [0.1, 0.15) is 53.3 Å².